The molecule has 2 rings (SSSR count). The zero-order chi connectivity index (χ0) is 18.1. The average Bonchev–Trinajstić information content (AvgIpc) is 3.12. The van der Waals surface area contributed by atoms with Gasteiger partial charge < -0.3 is 0 Å². The fourth-order valence-corrected chi connectivity index (χ4v) is 19.0. The van der Waals surface area contributed by atoms with Crippen LogP contribution in [0, 0.1) is 0 Å². The Balaban J connectivity index is 2.36. The molecule has 3 nitrogen and oxygen atoms in total. The molecule has 0 unspecified atom stereocenters. The fourth-order valence-electron chi connectivity index (χ4n) is 3.74. The normalized spacial score (nSPS) is 11.8. The minimum absolute atomic E-state index is 0.800. The van der Waals surface area contributed by atoms with Crippen LogP contribution in [0.25, 0.3) is 5.69 Å². The van der Waals surface area contributed by atoms with Crippen LogP contribution in [-0.4, -0.2) is 28.2 Å². The molecular formula is C21H35N3Sn. The molecule has 0 atom stereocenters. The third-order valence-electron chi connectivity index (χ3n) is 5.34. The van der Waals surface area contributed by atoms with Crippen molar-refractivity contribution in [2.24, 2.45) is 0 Å². The number of aromatic nitrogens is 2. The van der Waals surface area contributed by atoms with Gasteiger partial charge in [-0.3, -0.25) is 0 Å². The Morgan fingerprint density at radius 1 is 0.880 bits per heavy atom. The molecule has 0 fully saturated rings. The number of benzene rings is 1. The Kier molecular flexibility index (Phi) is 8.34. The van der Waals surface area contributed by atoms with E-state index >= 15 is 0 Å². The second kappa shape index (κ2) is 10.2. The van der Waals surface area contributed by atoms with E-state index in [1.807, 2.05) is 22.9 Å². The Morgan fingerprint density at radius 3 is 1.96 bits per heavy atom. The van der Waals surface area contributed by atoms with Crippen LogP contribution in [0.1, 0.15) is 59.3 Å². The number of nitrogens with zero attached hydrogens (tertiary/aromatic N) is 2. The van der Waals surface area contributed by atoms with Crippen LogP contribution in [0.15, 0.2) is 36.5 Å². The summed E-state index contributed by atoms with van der Waals surface area (Å²) in [6, 6.07) is 10.4. The van der Waals surface area contributed by atoms with Crippen molar-refractivity contribution in [3.8, 4) is 5.69 Å². The summed E-state index contributed by atoms with van der Waals surface area (Å²) in [5.74, 6) is 0. The summed E-state index contributed by atoms with van der Waals surface area (Å²) in [4.78, 5) is 0. The van der Waals surface area contributed by atoms with Crippen LogP contribution in [0.3, 0.4) is 0 Å². The molecule has 0 amide bonds. The second-order valence-corrected chi connectivity index (χ2v) is 20.3. The molecule has 0 saturated heterocycles. The average molecular weight is 448 g/mol. The number of unbranched alkanes of at least 4 members (excludes halogenated alkanes) is 3. The van der Waals surface area contributed by atoms with Crippen LogP contribution in [0.5, 0.6) is 0 Å². The molecule has 25 heavy (non-hydrogen) atoms. The number of anilines is 1. The minimum atomic E-state index is -2.44. The number of rotatable bonds is 11. The monoisotopic (exact) mass is 449 g/mol. The van der Waals surface area contributed by atoms with Gasteiger partial charge in [0.2, 0.25) is 0 Å². The maximum atomic E-state index is 6.17. The SMILES string of the molecule is CCC[CH2][Sn]([CH2]CCC)([CH2]CCC)[c]1ccn(-c2ccccc2N)n1. The van der Waals surface area contributed by atoms with E-state index in [0.717, 1.165) is 11.4 Å². The summed E-state index contributed by atoms with van der Waals surface area (Å²) in [6.45, 7) is 6.96. The van der Waals surface area contributed by atoms with Crippen molar-refractivity contribution < 1.29 is 0 Å². The number of nitrogen functional groups attached to an aromatic ring is 1. The third-order valence-corrected chi connectivity index (χ3v) is 20.4. The van der Waals surface area contributed by atoms with Crippen molar-refractivity contribution in [2.45, 2.75) is 72.6 Å². The molecule has 4 heteroatoms. The van der Waals surface area contributed by atoms with E-state index in [1.54, 1.807) is 0 Å². The quantitative estimate of drug-likeness (QED) is 0.364. The number of hydrogen-bond acceptors (Lipinski definition) is 2. The van der Waals surface area contributed by atoms with Gasteiger partial charge in [0.15, 0.2) is 0 Å². The van der Waals surface area contributed by atoms with E-state index in [-0.39, 0.29) is 0 Å². The van der Waals surface area contributed by atoms with Crippen LogP contribution in [0.2, 0.25) is 13.3 Å². The first-order chi connectivity index (χ1) is 12.2. The zero-order valence-corrected chi connectivity index (χ0v) is 19.2. The molecule has 0 aliphatic rings. The topological polar surface area (TPSA) is 43.8 Å². The summed E-state index contributed by atoms with van der Waals surface area (Å²) in [7, 11) is 0. The zero-order valence-electron chi connectivity index (χ0n) is 16.3. The Morgan fingerprint density at radius 2 is 1.44 bits per heavy atom. The van der Waals surface area contributed by atoms with Crippen LogP contribution in [-0.2, 0) is 0 Å². The number of para-hydroxylation sites is 2. The van der Waals surface area contributed by atoms with Gasteiger partial charge >= 0.3 is 158 Å². The molecule has 1 aromatic carbocycles. The molecule has 2 aromatic rings. The first kappa shape index (κ1) is 20.3. The summed E-state index contributed by atoms with van der Waals surface area (Å²) < 4.78 is 7.83. The first-order valence-electron chi connectivity index (χ1n) is 10.1. The van der Waals surface area contributed by atoms with E-state index in [2.05, 4.69) is 39.1 Å². The molecule has 1 heterocycles. The van der Waals surface area contributed by atoms with E-state index in [0.29, 0.717) is 0 Å². The van der Waals surface area contributed by atoms with Gasteiger partial charge in [-0.25, -0.2) is 0 Å². The molecule has 0 aliphatic heterocycles. The van der Waals surface area contributed by atoms with E-state index < -0.39 is 18.4 Å². The predicted molar refractivity (Wildman–Crippen MR) is 113 cm³/mol. The van der Waals surface area contributed by atoms with Crippen LogP contribution >= 0.6 is 0 Å². The third kappa shape index (κ3) is 5.25. The first-order valence-corrected chi connectivity index (χ1v) is 17.6. The van der Waals surface area contributed by atoms with Crippen molar-refractivity contribution in [1.29, 1.82) is 0 Å². The van der Waals surface area contributed by atoms with Gasteiger partial charge in [-0.05, 0) is 0 Å². The predicted octanol–water partition coefficient (Wildman–Crippen LogP) is 5.51. The van der Waals surface area contributed by atoms with Crippen LogP contribution in [0.4, 0.5) is 5.69 Å². The molecule has 0 radical (unpaired) electrons. The fraction of sp³-hybridized carbons (Fsp3) is 0.571. The molecule has 0 bridgehead atoms. The van der Waals surface area contributed by atoms with Gasteiger partial charge in [0.1, 0.15) is 0 Å². The van der Waals surface area contributed by atoms with Crippen molar-refractivity contribution in [3.63, 3.8) is 0 Å². The Bertz CT molecular complexity index is 614. The summed E-state index contributed by atoms with van der Waals surface area (Å²) in [6.07, 6.45) is 10.1. The van der Waals surface area contributed by atoms with Gasteiger partial charge in [0, 0.05) is 0 Å². The number of nitrogens with two attached hydrogens (primary N) is 1. The van der Waals surface area contributed by atoms with Crippen molar-refractivity contribution >= 4 is 27.8 Å². The molecule has 2 N–H and O–H groups in total. The second-order valence-electron chi connectivity index (χ2n) is 7.30. The molecule has 0 spiro atoms. The van der Waals surface area contributed by atoms with E-state index in [1.165, 1.54) is 55.5 Å². The Hall–Kier alpha value is -0.971. The van der Waals surface area contributed by atoms with E-state index in [9.17, 15) is 0 Å². The molecule has 1 aromatic heterocycles. The summed E-state index contributed by atoms with van der Waals surface area (Å²) >= 11 is -2.44. The Labute approximate surface area is 157 Å². The molecule has 0 saturated carbocycles. The van der Waals surface area contributed by atoms with Crippen LogP contribution < -0.4 is 9.44 Å². The van der Waals surface area contributed by atoms with Crippen molar-refractivity contribution in [3.05, 3.63) is 36.5 Å². The molecule has 138 valence electrons. The van der Waals surface area contributed by atoms with Crippen molar-refractivity contribution in [1.82, 2.24) is 9.78 Å². The summed E-state index contributed by atoms with van der Waals surface area (Å²) in [5.41, 5.74) is 7.98. The van der Waals surface area contributed by atoms with Gasteiger partial charge in [0.05, 0.1) is 0 Å². The molecular weight excluding hydrogens is 413 g/mol. The van der Waals surface area contributed by atoms with Gasteiger partial charge in [-0.2, -0.15) is 0 Å². The molecule has 0 aliphatic carbocycles. The van der Waals surface area contributed by atoms with Gasteiger partial charge in [-0.1, -0.05) is 0 Å². The van der Waals surface area contributed by atoms with Gasteiger partial charge in [0.25, 0.3) is 0 Å². The van der Waals surface area contributed by atoms with Gasteiger partial charge in [-0.15, -0.1) is 0 Å². The number of hydrogen-bond donors (Lipinski definition) is 1. The standard InChI is InChI=1S/C9H8N3.3C4H9.Sn/c10-8-4-1-2-5-9(8)12-7-3-6-11-12;3*1-3-4-2;/h1-5,7H,10H2;3*1,3-4H2,2H3;. The van der Waals surface area contributed by atoms with E-state index in [4.69, 9.17) is 10.8 Å². The van der Waals surface area contributed by atoms with Crippen molar-refractivity contribution in [2.75, 3.05) is 5.73 Å². The maximum absolute atomic E-state index is 6.17. The summed E-state index contributed by atoms with van der Waals surface area (Å²) in [5, 5.41) is 5.10.